The molecule has 0 aliphatic heterocycles. The lowest BCUT2D eigenvalue weighted by atomic mass is 10.1. The van der Waals surface area contributed by atoms with E-state index in [-0.39, 0.29) is 10.8 Å². The molecule has 0 aliphatic rings. The molecule has 3 aromatic rings. The van der Waals surface area contributed by atoms with E-state index in [1.807, 2.05) is 26.8 Å². The fraction of sp³-hybridized carbons (Fsp3) is 0.174. The fourth-order valence-electron chi connectivity index (χ4n) is 3.10. The van der Waals surface area contributed by atoms with E-state index < -0.39 is 10.0 Å². The summed E-state index contributed by atoms with van der Waals surface area (Å²) in [7, 11) is -3.74. The quantitative estimate of drug-likeness (QED) is 0.573. The van der Waals surface area contributed by atoms with Gasteiger partial charge in [-0.3, -0.25) is 9.52 Å². The van der Waals surface area contributed by atoms with Crippen LogP contribution < -0.4 is 14.8 Å². The van der Waals surface area contributed by atoms with Gasteiger partial charge in [-0.25, -0.2) is 8.42 Å². The monoisotopic (exact) mass is 424 g/mol. The maximum absolute atomic E-state index is 12.7. The number of nitrogens with one attached hydrogen (secondary N) is 2. The Morgan fingerprint density at radius 2 is 1.53 bits per heavy atom. The molecular weight excluding hydrogens is 400 g/mol. The van der Waals surface area contributed by atoms with Gasteiger partial charge in [-0.15, -0.1) is 0 Å². The Hall–Kier alpha value is -3.32. The first-order chi connectivity index (χ1) is 14.3. The van der Waals surface area contributed by atoms with E-state index >= 15 is 0 Å². The molecule has 30 heavy (non-hydrogen) atoms. The molecule has 0 fully saturated rings. The third-order valence-corrected chi connectivity index (χ3v) is 5.73. The molecule has 0 aliphatic carbocycles. The van der Waals surface area contributed by atoms with Gasteiger partial charge in [0.15, 0.2) is 0 Å². The number of para-hydroxylation sites is 1. The summed E-state index contributed by atoms with van der Waals surface area (Å²) in [4.78, 5) is 12.7. The highest BCUT2D eigenvalue weighted by atomic mass is 32.2. The Morgan fingerprint density at radius 3 is 2.17 bits per heavy atom. The van der Waals surface area contributed by atoms with Crippen molar-refractivity contribution in [2.24, 2.45) is 0 Å². The summed E-state index contributed by atoms with van der Waals surface area (Å²) in [6.45, 7) is 6.11. The standard InChI is InChI=1S/C23H24N2O4S/c1-4-29-22-8-6-5-7-21(22)23(26)24-18-9-11-20(12-10-18)30(27,28)25-19-14-16(2)13-17(3)15-19/h5-15,25H,4H2,1-3H3,(H,24,26). The third-order valence-electron chi connectivity index (χ3n) is 4.33. The van der Waals surface area contributed by atoms with Gasteiger partial charge in [-0.05, 0) is 80.4 Å². The van der Waals surface area contributed by atoms with Crippen LogP contribution in [0.4, 0.5) is 11.4 Å². The van der Waals surface area contributed by atoms with E-state index in [2.05, 4.69) is 10.0 Å². The molecule has 0 unspecified atom stereocenters. The summed E-state index contributed by atoms with van der Waals surface area (Å²) in [5.74, 6) is 0.164. The second-order valence-corrected chi connectivity index (χ2v) is 8.57. The van der Waals surface area contributed by atoms with Gasteiger partial charge in [0.05, 0.1) is 17.1 Å². The van der Waals surface area contributed by atoms with Gasteiger partial charge in [-0.1, -0.05) is 18.2 Å². The first-order valence-electron chi connectivity index (χ1n) is 9.53. The largest absolute Gasteiger partial charge is 0.493 e. The molecule has 0 saturated carbocycles. The van der Waals surface area contributed by atoms with Crippen LogP contribution in [0.1, 0.15) is 28.4 Å². The topological polar surface area (TPSA) is 84.5 Å². The number of carbonyl (C=O) groups is 1. The molecular formula is C23H24N2O4S. The van der Waals surface area contributed by atoms with Gasteiger partial charge in [0.2, 0.25) is 0 Å². The van der Waals surface area contributed by atoms with Crippen LogP contribution in [0.5, 0.6) is 5.75 Å². The highest BCUT2D eigenvalue weighted by Crippen LogP contribution is 2.22. The van der Waals surface area contributed by atoms with Crippen LogP contribution in [-0.2, 0) is 10.0 Å². The average Bonchev–Trinajstić information content (AvgIpc) is 2.68. The first kappa shape index (κ1) is 21.4. The lowest BCUT2D eigenvalue weighted by Gasteiger charge is -2.12. The van der Waals surface area contributed by atoms with E-state index in [4.69, 9.17) is 4.74 Å². The molecule has 156 valence electrons. The molecule has 0 bridgehead atoms. The molecule has 3 aromatic carbocycles. The number of hydrogen-bond acceptors (Lipinski definition) is 4. The van der Waals surface area contributed by atoms with E-state index in [1.54, 1.807) is 48.5 Å². The zero-order valence-corrected chi connectivity index (χ0v) is 17.9. The summed E-state index contributed by atoms with van der Waals surface area (Å²) in [6, 6.07) is 18.5. The second kappa shape index (κ2) is 9.00. The van der Waals surface area contributed by atoms with Crippen LogP contribution in [0.3, 0.4) is 0 Å². The predicted molar refractivity (Wildman–Crippen MR) is 119 cm³/mol. The van der Waals surface area contributed by atoms with Gasteiger partial charge in [-0.2, -0.15) is 0 Å². The Bertz CT molecular complexity index is 1140. The minimum Gasteiger partial charge on any atom is -0.493 e. The normalized spacial score (nSPS) is 11.0. The zero-order chi connectivity index (χ0) is 21.7. The molecule has 0 spiro atoms. The number of carbonyl (C=O) groups excluding carboxylic acids is 1. The van der Waals surface area contributed by atoms with Crippen LogP contribution >= 0.6 is 0 Å². The van der Waals surface area contributed by atoms with Crippen LogP contribution in [0, 0.1) is 13.8 Å². The fourth-order valence-corrected chi connectivity index (χ4v) is 4.14. The highest BCUT2D eigenvalue weighted by molar-refractivity contribution is 7.92. The molecule has 7 heteroatoms. The van der Waals surface area contributed by atoms with Crippen LogP contribution in [0.15, 0.2) is 71.6 Å². The summed E-state index contributed by atoms with van der Waals surface area (Å²) < 4.78 is 33.4. The Labute approximate surface area is 177 Å². The van der Waals surface area contributed by atoms with Gasteiger partial charge >= 0.3 is 0 Å². The molecule has 2 N–H and O–H groups in total. The van der Waals surface area contributed by atoms with Crippen molar-refractivity contribution in [2.75, 3.05) is 16.6 Å². The summed E-state index contributed by atoms with van der Waals surface area (Å²) in [5.41, 5.74) is 3.35. The number of sulfonamides is 1. The van der Waals surface area contributed by atoms with Gasteiger partial charge in [0.1, 0.15) is 5.75 Å². The minimum absolute atomic E-state index is 0.106. The van der Waals surface area contributed by atoms with E-state index in [0.717, 1.165) is 11.1 Å². The number of aryl methyl sites for hydroxylation is 2. The predicted octanol–water partition coefficient (Wildman–Crippen LogP) is 4.76. The van der Waals surface area contributed by atoms with Crippen molar-refractivity contribution < 1.29 is 17.9 Å². The first-order valence-corrected chi connectivity index (χ1v) is 11.0. The number of anilines is 2. The van der Waals surface area contributed by atoms with E-state index in [9.17, 15) is 13.2 Å². The Kier molecular flexibility index (Phi) is 6.42. The summed E-state index contributed by atoms with van der Waals surface area (Å²) in [5, 5.41) is 2.77. The Balaban J connectivity index is 1.75. The summed E-state index contributed by atoms with van der Waals surface area (Å²) >= 11 is 0. The lowest BCUT2D eigenvalue weighted by Crippen LogP contribution is -2.15. The van der Waals surface area contributed by atoms with Gasteiger partial charge in [0.25, 0.3) is 15.9 Å². The van der Waals surface area contributed by atoms with Crippen molar-refractivity contribution in [3.05, 3.63) is 83.4 Å². The molecule has 6 nitrogen and oxygen atoms in total. The molecule has 0 saturated heterocycles. The third kappa shape index (κ3) is 5.18. The molecule has 3 rings (SSSR count). The number of rotatable bonds is 7. The smallest absolute Gasteiger partial charge is 0.261 e. The average molecular weight is 425 g/mol. The maximum Gasteiger partial charge on any atom is 0.261 e. The molecule has 0 radical (unpaired) electrons. The van der Waals surface area contributed by atoms with Crippen molar-refractivity contribution in [1.82, 2.24) is 0 Å². The minimum atomic E-state index is -3.74. The number of amides is 1. The highest BCUT2D eigenvalue weighted by Gasteiger charge is 2.16. The molecule has 1 amide bonds. The molecule has 0 heterocycles. The maximum atomic E-state index is 12.7. The lowest BCUT2D eigenvalue weighted by molar-refractivity contribution is 0.102. The van der Waals surface area contributed by atoms with Crippen molar-refractivity contribution >= 4 is 27.3 Å². The number of benzene rings is 3. The van der Waals surface area contributed by atoms with Crippen molar-refractivity contribution in [1.29, 1.82) is 0 Å². The van der Waals surface area contributed by atoms with Crippen molar-refractivity contribution in [2.45, 2.75) is 25.7 Å². The van der Waals surface area contributed by atoms with Crippen molar-refractivity contribution in [3.8, 4) is 5.75 Å². The number of hydrogen-bond donors (Lipinski definition) is 2. The second-order valence-electron chi connectivity index (χ2n) is 6.89. The van der Waals surface area contributed by atoms with Crippen molar-refractivity contribution in [3.63, 3.8) is 0 Å². The number of ether oxygens (including phenoxy) is 1. The Morgan fingerprint density at radius 1 is 0.900 bits per heavy atom. The van der Waals surface area contributed by atoms with E-state index in [0.29, 0.717) is 29.3 Å². The zero-order valence-electron chi connectivity index (χ0n) is 17.1. The van der Waals surface area contributed by atoms with Crippen LogP contribution in [0.2, 0.25) is 0 Å². The van der Waals surface area contributed by atoms with Crippen LogP contribution in [0.25, 0.3) is 0 Å². The van der Waals surface area contributed by atoms with Gasteiger partial charge < -0.3 is 10.1 Å². The molecule has 0 aromatic heterocycles. The SMILES string of the molecule is CCOc1ccccc1C(=O)Nc1ccc(S(=O)(=O)Nc2cc(C)cc(C)c2)cc1. The van der Waals surface area contributed by atoms with Gasteiger partial charge in [0, 0.05) is 11.4 Å². The van der Waals surface area contributed by atoms with E-state index in [1.165, 1.54) is 12.1 Å². The summed E-state index contributed by atoms with van der Waals surface area (Å²) in [6.07, 6.45) is 0. The molecule has 0 atom stereocenters. The van der Waals surface area contributed by atoms with Crippen LogP contribution in [-0.4, -0.2) is 20.9 Å².